The molecule has 2 unspecified atom stereocenters. The first-order chi connectivity index (χ1) is 10.1. The molecule has 0 radical (unpaired) electrons. The molecule has 3 aliphatic rings. The van der Waals surface area contributed by atoms with Gasteiger partial charge in [0.05, 0.1) is 13.2 Å². The molecule has 1 aliphatic heterocycles. The monoisotopic (exact) mass is 296 g/mol. The molecule has 0 aromatic carbocycles. The van der Waals surface area contributed by atoms with Crippen molar-refractivity contribution in [2.24, 2.45) is 5.92 Å². The molecule has 2 aliphatic carbocycles. The molecule has 0 aromatic rings. The molecule has 3 fully saturated rings. The molecule has 0 amide bonds. The van der Waals surface area contributed by atoms with E-state index < -0.39 is 0 Å². The third-order valence-corrected chi connectivity index (χ3v) is 5.36. The van der Waals surface area contributed by atoms with Crippen LogP contribution in [0.5, 0.6) is 0 Å². The molecule has 1 heterocycles. The van der Waals surface area contributed by atoms with E-state index in [1.54, 1.807) is 0 Å². The third-order valence-electron chi connectivity index (χ3n) is 5.36. The molecule has 2 atom stereocenters. The third kappa shape index (κ3) is 3.61. The second-order valence-electron chi connectivity index (χ2n) is 7.32. The predicted molar refractivity (Wildman–Crippen MR) is 84.3 cm³/mol. The highest BCUT2D eigenvalue weighted by atomic mass is 16.7. The summed E-state index contributed by atoms with van der Waals surface area (Å²) in [5.74, 6) is 0.644. The molecule has 21 heavy (non-hydrogen) atoms. The summed E-state index contributed by atoms with van der Waals surface area (Å²) in [4.78, 5) is 2.72. The van der Waals surface area contributed by atoms with Crippen LogP contribution >= 0.6 is 0 Å². The van der Waals surface area contributed by atoms with Crippen molar-refractivity contribution in [3.05, 3.63) is 0 Å². The van der Waals surface area contributed by atoms with Crippen molar-refractivity contribution in [1.29, 1.82) is 0 Å². The Morgan fingerprint density at radius 2 is 1.90 bits per heavy atom. The van der Waals surface area contributed by atoms with Gasteiger partial charge in [-0.3, -0.25) is 4.90 Å². The Balaban J connectivity index is 1.74. The van der Waals surface area contributed by atoms with E-state index in [-0.39, 0.29) is 5.79 Å². The van der Waals surface area contributed by atoms with Crippen LogP contribution in [0.3, 0.4) is 0 Å². The standard InChI is InChI=1S/C17H32N2O2/c1-4-18-15-7-8-17(20-9-10-21-17)11-16(15)19(13(2)3)12-14-5-6-14/h13-16,18H,4-12H2,1-3H3. The molecular weight excluding hydrogens is 264 g/mol. The molecule has 122 valence electrons. The topological polar surface area (TPSA) is 33.7 Å². The van der Waals surface area contributed by atoms with E-state index in [1.807, 2.05) is 0 Å². The van der Waals surface area contributed by atoms with Gasteiger partial charge in [0.1, 0.15) is 0 Å². The maximum atomic E-state index is 6.01. The number of rotatable bonds is 6. The molecule has 1 spiro atoms. The lowest BCUT2D eigenvalue weighted by Gasteiger charge is -2.47. The highest BCUT2D eigenvalue weighted by Crippen LogP contribution is 2.40. The van der Waals surface area contributed by atoms with Crippen molar-refractivity contribution in [3.63, 3.8) is 0 Å². The average molecular weight is 296 g/mol. The Labute approximate surface area is 129 Å². The maximum Gasteiger partial charge on any atom is 0.170 e. The van der Waals surface area contributed by atoms with E-state index in [0.29, 0.717) is 18.1 Å². The Morgan fingerprint density at radius 3 is 2.48 bits per heavy atom. The smallest absolute Gasteiger partial charge is 0.170 e. The van der Waals surface area contributed by atoms with Crippen molar-refractivity contribution < 1.29 is 9.47 Å². The van der Waals surface area contributed by atoms with Gasteiger partial charge < -0.3 is 14.8 Å². The van der Waals surface area contributed by atoms with Gasteiger partial charge in [-0.1, -0.05) is 6.92 Å². The van der Waals surface area contributed by atoms with Crippen molar-refractivity contribution in [3.8, 4) is 0 Å². The second-order valence-corrected chi connectivity index (χ2v) is 7.32. The van der Waals surface area contributed by atoms with Gasteiger partial charge in [0.2, 0.25) is 0 Å². The van der Waals surface area contributed by atoms with E-state index in [4.69, 9.17) is 9.47 Å². The summed E-state index contributed by atoms with van der Waals surface area (Å²) in [5.41, 5.74) is 0. The number of nitrogens with zero attached hydrogens (tertiary/aromatic N) is 1. The quantitative estimate of drug-likeness (QED) is 0.816. The summed E-state index contributed by atoms with van der Waals surface area (Å²) in [6, 6.07) is 1.71. The van der Waals surface area contributed by atoms with Gasteiger partial charge in [0.25, 0.3) is 0 Å². The van der Waals surface area contributed by atoms with E-state index in [0.717, 1.165) is 44.9 Å². The molecule has 1 N–H and O–H groups in total. The predicted octanol–water partition coefficient (Wildman–Crippen LogP) is 2.38. The fourth-order valence-corrected chi connectivity index (χ4v) is 4.07. The fraction of sp³-hybridized carbons (Fsp3) is 1.00. The summed E-state index contributed by atoms with van der Waals surface area (Å²) >= 11 is 0. The van der Waals surface area contributed by atoms with Crippen LogP contribution in [0.1, 0.15) is 52.9 Å². The minimum absolute atomic E-state index is 0.284. The Kier molecular flexibility index (Phi) is 4.89. The zero-order valence-corrected chi connectivity index (χ0v) is 13.9. The molecule has 3 rings (SSSR count). The molecule has 0 bridgehead atoms. The number of hydrogen-bond acceptors (Lipinski definition) is 4. The minimum atomic E-state index is -0.284. The second kappa shape index (κ2) is 6.53. The van der Waals surface area contributed by atoms with Gasteiger partial charge in [0, 0.05) is 37.5 Å². The van der Waals surface area contributed by atoms with Crippen LogP contribution in [0.25, 0.3) is 0 Å². The highest BCUT2D eigenvalue weighted by molar-refractivity contribution is 4.98. The Bertz CT molecular complexity index is 338. The van der Waals surface area contributed by atoms with Crippen LogP contribution in [0.4, 0.5) is 0 Å². The molecule has 1 saturated heterocycles. The lowest BCUT2D eigenvalue weighted by molar-refractivity contribution is -0.195. The molecular formula is C17H32N2O2. The first-order valence-corrected chi connectivity index (χ1v) is 8.90. The van der Waals surface area contributed by atoms with Gasteiger partial charge >= 0.3 is 0 Å². The lowest BCUT2D eigenvalue weighted by Crippen LogP contribution is -2.59. The van der Waals surface area contributed by atoms with Gasteiger partial charge in [0.15, 0.2) is 5.79 Å². The molecule has 2 saturated carbocycles. The number of hydrogen-bond donors (Lipinski definition) is 1. The summed E-state index contributed by atoms with van der Waals surface area (Å²) in [6.07, 6.45) is 6.05. The van der Waals surface area contributed by atoms with Crippen LogP contribution in [0.2, 0.25) is 0 Å². The summed E-state index contributed by atoms with van der Waals surface area (Å²) in [5, 5.41) is 3.72. The van der Waals surface area contributed by atoms with Crippen LogP contribution in [0, 0.1) is 5.92 Å². The van der Waals surface area contributed by atoms with E-state index >= 15 is 0 Å². The molecule has 0 aromatic heterocycles. The van der Waals surface area contributed by atoms with Crippen LogP contribution in [0.15, 0.2) is 0 Å². The fourth-order valence-electron chi connectivity index (χ4n) is 4.07. The van der Waals surface area contributed by atoms with Crippen molar-refractivity contribution in [1.82, 2.24) is 10.2 Å². The van der Waals surface area contributed by atoms with E-state index in [2.05, 4.69) is 31.0 Å². The Morgan fingerprint density at radius 1 is 1.19 bits per heavy atom. The number of ether oxygens (including phenoxy) is 2. The SMILES string of the molecule is CCNC1CCC2(CC1N(CC1CC1)C(C)C)OCCO2. The summed E-state index contributed by atoms with van der Waals surface area (Å²) < 4.78 is 12.0. The summed E-state index contributed by atoms with van der Waals surface area (Å²) in [6.45, 7) is 10.7. The van der Waals surface area contributed by atoms with Crippen LogP contribution in [-0.4, -0.2) is 55.1 Å². The largest absolute Gasteiger partial charge is 0.347 e. The minimum Gasteiger partial charge on any atom is -0.347 e. The van der Waals surface area contributed by atoms with Gasteiger partial charge in [-0.25, -0.2) is 0 Å². The van der Waals surface area contributed by atoms with Gasteiger partial charge in [-0.2, -0.15) is 0 Å². The van der Waals surface area contributed by atoms with Gasteiger partial charge in [-0.15, -0.1) is 0 Å². The number of nitrogens with one attached hydrogen (secondary N) is 1. The average Bonchev–Trinajstić information content (AvgIpc) is 3.18. The van der Waals surface area contributed by atoms with Crippen molar-refractivity contribution in [2.45, 2.75) is 76.8 Å². The lowest BCUT2D eigenvalue weighted by atomic mass is 9.83. The Hall–Kier alpha value is -0.160. The van der Waals surface area contributed by atoms with Crippen molar-refractivity contribution in [2.75, 3.05) is 26.3 Å². The van der Waals surface area contributed by atoms with E-state index in [1.165, 1.54) is 19.4 Å². The number of likely N-dealkylation sites (N-methyl/N-ethyl adjacent to an activating group) is 1. The van der Waals surface area contributed by atoms with Crippen LogP contribution in [-0.2, 0) is 9.47 Å². The normalized spacial score (nSPS) is 32.4. The molecule has 4 heteroatoms. The van der Waals surface area contributed by atoms with Gasteiger partial charge in [-0.05, 0) is 45.6 Å². The maximum absolute atomic E-state index is 6.01. The highest BCUT2D eigenvalue weighted by Gasteiger charge is 2.47. The van der Waals surface area contributed by atoms with Crippen LogP contribution < -0.4 is 5.32 Å². The van der Waals surface area contributed by atoms with E-state index in [9.17, 15) is 0 Å². The zero-order valence-electron chi connectivity index (χ0n) is 13.9. The zero-order chi connectivity index (χ0) is 14.9. The first-order valence-electron chi connectivity index (χ1n) is 8.90. The molecule has 4 nitrogen and oxygen atoms in total. The van der Waals surface area contributed by atoms with Crippen molar-refractivity contribution >= 4 is 0 Å². The summed E-state index contributed by atoms with van der Waals surface area (Å²) in [7, 11) is 0. The first kappa shape index (κ1) is 15.7.